The van der Waals surface area contributed by atoms with Crippen molar-refractivity contribution in [2.24, 2.45) is 0 Å². The number of halogens is 1. The molecule has 1 aromatic carbocycles. The van der Waals surface area contributed by atoms with Crippen LogP contribution in [0.2, 0.25) is 0 Å². The second-order valence-corrected chi connectivity index (χ2v) is 7.56. The van der Waals surface area contributed by atoms with Gasteiger partial charge in [0.2, 0.25) is 11.1 Å². The van der Waals surface area contributed by atoms with Crippen molar-refractivity contribution in [1.82, 2.24) is 19.8 Å². The third-order valence-electron chi connectivity index (χ3n) is 4.88. The topological polar surface area (TPSA) is 77.0 Å². The van der Waals surface area contributed by atoms with Crippen LogP contribution < -0.4 is 5.84 Å². The SMILES string of the molecule is CN(C(=O)CSc1nnc(Cc2ccccc2F)n1N)C1CCCCC1. The van der Waals surface area contributed by atoms with Crippen LogP contribution in [0.3, 0.4) is 0 Å². The number of carbonyl (C=O) groups is 1. The van der Waals surface area contributed by atoms with Crippen molar-refractivity contribution in [3.05, 3.63) is 41.5 Å². The first-order valence-corrected chi connectivity index (χ1v) is 9.86. The van der Waals surface area contributed by atoms with E-state index in [2.05, 4.69) is 10.2 Å². The van der Waals surface area contributed by atoms with E-state index < -0.39 is 0 Å². The minimum absolute atomic E-state index is 0.0700. The van der Waals surface area contributed by atoms with Gasteiger partial charge in [0.25, 0.3) is 0 Å². The number of nitrogen functional groups attached to an aromatic ring is 1. The molecule has 1 aliphatic rings. The maximum atomic E-state index is 13.8. The number of rotatable bonds is 6. The molecule has 0 aliphatic heterocycles. The maximum Gasteiger partial charge on any atom is 0.233 e. The van der Waals surface area contributed by atoms with Crippen LogP contribution in [0.25, 0.3) is 0 Å². The molecule has 0 radical (unpaired) electrons. The number of hydrogen-bond donors (Lipinski definition) is 1. The van der Waals surface area contributed by atoms with Crippen LogP contribution in [0.1, 0.15) is 43.5 Å². The highest BCUT2D eigenvalue weighted by molar-refractivity contribution is 7.99. The molecular weight excluding hydrogens is 353 g/mol. The van der Waals surface area contributed by atoms with Crippen LogP contribution in [-0.4, -0.2) is 44.5 Å². The maximum absolute atomic E-state index is 13.8. The number of benzene rings is 1. The molecule has 0 spiro atoms. The normalized spacial score (nSPS) is 15.2. The molecule has 1 saturated carbocycles. The average molecular weight is 377 g/mol. The van der Waals surface area contributed by atoms with Crippen LogP contribution in [-0.2, 0) is 11.2 Å². The summed E-state index contributed by atoms with van der Waals surface area (Å²) >= 11 is 1.26. The summed E-state index contributed by atoms with van der Waals surface area (Å²) in [5.41, 5.74) is 0.510. The van der Waals surface area contributed by atoms with Gasteiger partial charge in [-0.15, -0.1) is 10.2 Å². The van der Waals surface area contributed by atoms with Crippen LogP contribution in [0.5, 0.6) is 0 Å². The van der Waals surface area contributed by atoms with E-state index in [0.717, 1.165) is 12.8 Å². The van der Waals surface area contributed by atoms with E-state index in [4.69, 9.17) is 5.84 Å². The summed E-state index contributed by atoms with van der Waals surface area (Å²) in [6, 6.07) is 6.85. The Morgan fingerprint density at radius 1 is 1.31 bits per heavy atom. The van der Waals surface area contributed by atoms with E-state index in [0.29, 0.717) is 22.6 Å². The van der Waals surface area contributed by atoms with Crippen molar-refractivity contribution in [2.45, 2.75) is 49.7 Å². The third-order valence-corrected chi connectivity index (χ3v) is 5.81. The van der Waals surface area contributed by atoms with Crippen molar-refractivity contribution >= 4 is 17.7 Å². The quantitative estimate of drug-likeness (QED) is 0.618. The number of carbonyl (C=O) groups excluding carboxylic acids is 1. The molecule has 8 heteroatoms. The first-order valence-electron chi connectivity index (χ1n) is 8.87. The molecule has 0 bridgehead atoms. The second-order valence-electron chi connectivity index (χ2n) is 6.62. The standard InChI is InChI=1S/C18H24FN5OS/c1-23(14-8-3-2-4-9-14)17(25)12-26-18-22-21-16(24(18)20)11-13-7-5-6-10-15(13)19/h5-7,10,14H,2-4,8-9,11-12,20H2,1H3. The van der Waals surface area contributed by atoms with Crippen molar-refractivity contribution in [2.75, 3.05) is 18.6 Å². The average Bonchev–Trinajstić information content (AvgIpc) is 3.01. The summed E-state index contributed by atoms with van der Waals surface area (Å²) in [6.07, 6.45) is 6.04. The fraction of sp³-hybridized carbons (Fsp3) is 0.500. The van der Waals surface area contributed by atoms with E-state index >= 15 is 0 Å². The zero-order chi connectivity index (χ0) is 18.5. The van der Waals surface area contributed by atoms with E-state index in [1.54, 1.807) is 18.2 Å². The number of nitrogens with two attached hydrogens (primary N) is 1. The molecule has 1 fully saturated rings. The Morgan fingerprint density at radius 3 is 2.77 bits per heavy atom. The molecule has 1 aromatic heterocycles. The number of amides is 1. The molecule has 0 saturated heterocycles. The highest BCUT2D eigenvalue weighted by Gasteiger charge is 2.23. The van der Waals surface area contributed by atoms with Gasteiger partial charge in [0, 0.05) is 19.5 Å². The molecule has 1 heterocycles. The lowest BCUT2D eigenvalue weighted by atomic mass is 9.94. The molecule has 3 rings (SSSR count). The minimum Gasteiger partial charge on any atom is -0.342 e. The molecule has 26 heavy (non-hydrogen) atoms. The van der Waals surface area contributed by atoms with Crippen LogP contribution in [0, 0.1) is 5.82 Å². The van der Waals surface area contributed by atoms with Gasteiger partial charge in [0.15, 0.2) is 5.82 Å². The van der Waals surface area contributed by atoms with Crippen LogP contribution >= 0.6 is 11.8 Å². The zero-order valence-electron chi connectivity index (χ0n) is 14.9. The molecule has 2 N–H and O–H groups in total. The number of hydrogen-bond acceptors (Lipinski definition) is 5. The van der Waals surface area contributed by atoms with Gasteiger partial charge in [-0.2, -0.15) is 0 Å². The van der Waals surface area contributed by atoms with Crippen molar-refractivity contribution in [1.29, 1.82) is 0 Å². The molecule has 1 amide bonds. The Labute approximate surface area is 156 Å². The summed E-state index contributed by atoms with van der Waals surface area (Å²) in [5, 5.41) is 8.54. The molecule has 0 atom stereocenters. The largest absolute Gasteiger partial charge is 0.342 e. The number of aromatic nitrogens is 3. The Balaban J connectivity index is 1.58. The van der Waals surface area contributed by atoms with Crippen LogP contribution in [0.15, 0.2) is 29.4 Å². The molecule has 2 aromatic rings. The van der Waals surface area contributed by atoms with Gasteiger partial charge < -0.3 is 10.7 Å². The Hall–Kier alpha value is -2.09. The fourth-order valence-corrected chi connectivity index (χ4v) is 4.04. The first kappa shape index (κ1) is 18.7. The Morgan fingerprint density at radius 2 is 2.04 bits per heavy atom. The monoisotopic (exact) mass is 377 g/mol. The Kier molecular flexibility index (Phi) is 6.13. The first-order chi connectivity index (χ1) is 12.6. The van der Waals surface area contributed by atoms with Gasteiger partial charge in [-0.05, 0) is 24.5 Å². The van der Waals surface area contributed by atoms with E-state index in [-0.39, 0.29) is 23.9 Å². The van der Waals surface area contributed by atoms with Gasteiger partial charge >= 0.3 is 0 Å². The lowest BCUT2D eigenvalue weighted by molar-refractivity contribution is -0.129. The number of thioether (sulfide) groups is 1. The van der Waals surface area contributed by atoms with Gasteiger partial charge in [-0.3, -0.25) is 4.79 Å². The van der Waals surface area contributed by atoms with Gasteiger partial charge in [0.05, 0.1) is 5.75 Å². The van der Waals surface area contributed by atoms with Crippen LogP contribution in [0.4, 0.5) is 4.39 Å². The highest BCUT2D eigenvalue weighted by atomic mass is 32.2. The van der Waals surface area contributed by atoms with Crippen molar-refractivity contribution in [3.63, 3.8) is 0 Å². The highest BCUT2D eigenvalue weighted by Crippen LogP contribution is 2.23. The lowest BCUT2D eigenvalue weighted by Crippen LogP contribution is -2.39. The number of nitrogens with zero attached hydrogens (tertiary/aromatic N) is 4. The summed E-state index contributed by atoms with van der Waals surface area (Å²) in [6.45, 7) is 0. The molecule has 140 valence electrons. The smallest absolute Gasteiger partial charge is 0.233 e. The van der Waals surface area contributed by atoms with Gasteiger partial charge in [-0.25, -0.2) is 9.07 Å². The summed E-state index contributed by atoms with van der Waals surface area (Å²) in [5.74, 6) is 6.53. The molecule has 0 unspecified atom stereocenters. The molecular formula is C18H24FN5OS. The van der Waals surface area contributed by atoms with Crippen molar-refractivity contribution in [3.8, 4) is 0 Å². The predicted octanol–water partition coefficient (Wildman–Crippen LogP) is 2.61. The van der Waals surface area contributed by atoms with Gasteiger partial charge in [0.1, 0.15) is 5.82 Å². The molecule has 1 aliphatic carbocycles. The minimum atomic E-state index is -0.297. The molecule has 6 nitrogen and oxygen atoms in total. The third kappa shape index (κ3) is 4.35. The van der Waals surface area contributed by atoms with Crippen molar-refractivity contribution < 1.29 is 9.18 Å². The zero-order valence-corrected chi connectivity index (χ0v) is 15.7. The van der Waals surface area contributed by atoms with E-state index in [1.807, 2.05) is 11.9 Å². The fourth-order valence-electron chi connectivity index (χ4n) is 3.24. The summed E-state index contributed by atoms with van der Waals surface area (Å²) < 4.78 is 15.1. The summed E-state index contributed by atoms with van der Waals surface area (Å²) in [7, 11) is 1.87. The second kappa shape index (κ2) is 8.53. The lowest BCUT2D eigenvalue weighted by Gasteiger charge is -2.31. The van der Waals surface area contributed by atoms with E-state index in [1.165, 1.54) is 41.8 Å². The van der Waals surface area contributed by atoms with Gasteiger partial charge in [-0.1, -0.05) is 49.2 Å². The summed E-state index contributed by atoms with van der Waals surface area (Å²) in [4.78, 5) is 14.3. The predicted molar refractivity (Wildman–Crippen MR) is 99.7 cm³/mol. The van der Waals surface area contributed by atoms with E-state index in [9.17, 15) is 9.18 Å². The Bertz CT molecular complexity index is 760.